The molecule has 0 atom stereocenters. The summed E-state index contributed by atoms with van der Waals surface area (Å²) in [5.74, 6) is 0.477. The molecule has 0 saturated heterocycles. The quantitative estimate of drug-likeness (QED) is 0.274. The van der Waals surface area contributed by atoms with Crippen molar-refractivity contribution in [2.24, 2.45) is 4.99 Å². The molecule has 7 heteroatoms. The smallest absolute Gasteiger partial charge is 0.260 e. The summed E-state index contributed by atoms with van der Waals surface area (Å²) in [5, 5.41) is 10.6. The monoisotopic (exact) mass is 314 g/mol. The number of amidine groups is 1. The standard InChI is InChI=1S/C11H15BrN4O2/c1-3-15(11(13-2)8-16(17)18)7-9-4-5-10(12)14-6-9/h4-6H,3,7-8H2,1-2H3. The summed E-state index contributed by atoms with van der Waals surface area (Å²) in [7, 11) is 1.57. The third kappa shape index (κ3) is 4.40. The average molecular weight is 315 g/mol. The highest BCUT2D eigenvalue weighted by Crippen LogP contribution is 2.09. The summed E-state index contributed by atoms with van der Waals surface area (Å²) in [6.45, 7) is 2.92. The molecule has 18 heavy (non-hydrogen) atoms. The molecule has 0 spiro atoms. The second-order valence-corrected chi connectivity index (χ2v) is 4.45. The molecule has 0 amide bonds. The van der Waals surface area contributed by atoms with E-state index in [4.69, 9.17) is 0 Å². The van der Waals surface area contributed by atoms with Crippen molar-refractivity contribution in [3.8, 4) is 0 Å². The van der Waals surface area contributed by atoms with Crippen LogP contribution in [0.4, 0.5) is 0 Å². The van der Waals surface area contributed by atoms with Gasteiger partial charge >= 0.3 is 0 Å². The number of hydrogen-bond acceptors (Lipinski definition) is 4. The minimum atomic E-state index is -0.370. The van der Waals surface area contributed by atoms with Gasteiger partial charge in [-0.3, -0.25) is 15.1 Å². The van der Waals surface area contributed by atoms with E-state index in [-0.39, 0.29) is 11.5 Å². The molecule has 6 nitrogen and oxygen atoms in total. The predicted octanol–water partition coefficient (Wildman–Crippen LogP) is 1.97. The lowest BCUT2D eigenvalue weighted by molar-refractivity contribution is -0.464. The lowest BCUT2D eigenvalue weighted by Crippen LogP contribution is -2.35. The Morgan fingerprint density at radius 1 is 1.61 bits per heavy atom. The van der Waals surface area contributed by atoms with Crippen molar-refractivity contribution in [3.63, 3.8) is 0 Å². The molecule has 1 rings (SSSR count). The van der Waals surface area contributed by atoms with Crippen molar-refractivity contribution >= 4 is 21.8 Å². The molecule has 1 aromatic heterocycles. The minimum Gasteiger partial charge on any atom is -0.351 e. The first-order chi connectivity index (χ1) is 8.56. The summed E-state index contributed by atoms with van der Waals surface area (Å²) in [4.78, 5) is 20.2. The summed E-state index contributed by atoms with van der Waals surface area (Å²) < 4.78 is 0.768. The topological polar surface area (TPSA) is 71.6 Å². The van der Waals surface area contributed by atoms with Gasteiger partial charge in [-0.1, -0.05) is 6.07 Å². The Balaban J connectivity index is 2.77. The number of rotatable bonds is 5. The molecule has 0 bridgehead atoms. The molecule has 98 valence electrons. The summed E-state index contributed by atoms with van der Waals surface area (Å²) in [6, 6.07) is 3.78. The number of nitrogens with zero attached hydrogens (tertiary/aromatic N) is 4. The van der Waals surface area contributed by atoms with Crippen LogP contribution >= 0.6 is 15.9 Å². The van der Waals surface area contributed by atoms with Gasteiger partial charge in [0.15, 0.2) is 5.84 Å². The van der Waals surface area contributed by atoms with Crippen LogP contribution in [0.15, 0.2) is 27.9 Å². The van der Waals surface area contributed by atoms with E-state index < -0.39 is 0 Å². The summed E-state index contributed by atoms with van der Waals surface area (Å²) in [6.07, 6.45) is 1.74. The van der Waals surface area contributed by atoms with Gasteiger partial charge in [0.1, 0.15) is 4.60 Å². The molecule has 0 unspecified atom stereocenters. The Hall–Kier alpha value is -1.50. The Morgan fingerprint density at radius 2 is 2.33 bits per heavy atom. The van der Waals surface area contributed by atoms with Gasteiger partial charge in [0, 0.05) is 31.3 Å². The third-order valence-corrected chi connectivity index (χ3v) is 2.91. The molecule has 0 fully saturated rings. The largest absolute Gasteiger partial charge is 0.351 e. The highest BCUT2D eigenvalue weighted by molar-refractivity contribution is 9.10. The van der Waals surface area contributed by atoms with Crippen LogP contribution in [-0.2, 0) is 6.54 Å². The maximum Gasteiger partial charge on any atom is 0.260 e. The second-order valence-electron chi connectivity index (χ2n) is 3.63. The molecule has 0 aliphatic rings. The van der Waals surface area contributed by atoms with Crippen molar-refractivity contribution in [2.75, 3.05) is 20.1 Å². The van der Waals surface area contributed by atoms with Crippen molar-refractivity contribution in [1.29, 1.82) is 0 Å². The zero-order valence-corrected chi connectivity index (χ0v) is 11.9. The molecule has 0 aromatic carbocycles. The second kappa shape index (κ2) is 7.05. The van der Waals surface area contributed by atoms with Crippen LogP contribution < -0.4 is 0 Å². The molecular weight excluding hydrogens is 300 g/mol. The van der Waals surface area contributed by atoms with Crippen molar-refractivity contribution in [3.05, 3.63) is 38.6 Å². The SMILES string of the molecule is CCN(Cc1ccc(Br)nc1)C(C[N+](=O)[O-])=NC. The van der Waals surface area contributed by atoms with Gasteiger partial charge in [0.25, 0.3) is 6.54 Å². The maximum atomic E-state index is 10.6. The van der Waals surface area contributed by atoms with Crippen LogP contribution in [0.1, 0.15) is 12.5 Å². The first-order valence-corrected chi connectivity index (χ1v) is 6.29. The fourth-order valence-corrected chi connectivity index (χ4v) is 1.77. The van der Waals surface area contributed by atoms with Gasteiger partial charge < -0.3 is 4.90 Å². The fourth-order valence-electron chi connectivity index (χ4n) is 1.53. The van der Waals surface area contributed by atoms with Crippen LogP contribution in [0.5, 0.6) is 0 Å². The Kier molecular flexibility index (Phi) is 5.70. The van der Waals surface area contributed by atoms with Crippen molar-refractivity contribution in [1.82, 2.24) is 9.88 Å². The Bertz CT molecular complexity index is 433. The number of halogens is 1. The number of pyridine rings is 1. The number of aliphatic imine (C=N–C) groups is 1. The van der Waals surface area contributed by atoms with Gasteiger partial charge in [-0.25, -0.2) is 4.98 Å². The normalized spacial score (nSPS) is 11.4. The number of aromatic nitrogens is 1. The average Bonchev–Trinajstić information content (AvgIpc) is 2.35. The van der Waals surface area contributed by atoms with Gasteiger partial charge in [-0.2, -0.15) is 0 Å². The highest BCUT2D eigenvalue weighted by Gasteiger charge is 2.14. The molecular formula is C11H15BrN4O2. The first kappa shape index (κ1) is 14.6. The van der Waals surface area contributed by atoms with Crippen LogP contribution in [0.3, 0.4) is 0 Å². The van der Waals surface area contributed by atoms with E-state index in [1.54, 1.807) is 13.2 Å². The van der Waals surface area contributed by atoms with Gasteiger partial charge in [0.2, 0.25) is 0 Å². The van der Waals surface area contributed by atoms with E-state index in [9.17, 15) is 10.1 Å². The van der Waals surface area contributed by atoms with Crippen molar-refractivity contribution in [2.45, 2.75) is 13.5 Å². The predicted molar refractivity (Wildman–Crippen MR) is 73.2 cm³/mol. The number of likely N-dealkylation sites (N-methyl/N-ethyl adjacent to an activating group) is 1. The van der Waals surface area contributed by atoms with Crippen molar-refractivity contribution < 1.29 is 4.92 Å². The zero-order valence-electron chi connectivity index (χ0n) is 10.3. The van der Waals surface area contributed by atoms with E-state index in [0.29, 0.717) is 18.9 Å². The summed E-state index contributed by atoms with van der Waals surface area (Å²) in [5.41, 5.74) is 0.990. The van der Waals surface area contributed by atoms with E-state index in [2.05, 4.69) is 25.9 Å². The molecule has 0 aliphatic heterocycles. The highest BCUT2D eigenvalue weighted by atomic mass is 79.9. The van der Waals surface area contributed by atoms with Crippen LogP contribution in [0.25, 0.3) is 0 Å². The van der Waals surface area contributed by atoms with Crippen LogP contribution in [0.2, 0.25) is 0 Å². The molecule has 0 N–H and O–H groups in total. The van der Waals surface area contributed by atoms with Gasteiger partial charge in [0.05, 0.1) is 0 Å². The molecule has 1 heterocycles. The third-order valence-electron chi connectivity index (χ3n) is 2.44. The van der Waals surface area contributed by atoms with Crippen LogP contribution in [-0.4, -0.2) is 40.8 Å². The van der Waals surface area contributed by atoms with Gasteiger partial charge in [-0.15, -0.1) is 0 Å². The van der Waals surface area contributed by atoms with Gasteiger partial charge in [-0.05, 0) is 34.5 Å². The van der Waals surface area contributed by atoms with E-state index in [0.717, 1.165) is 10.2 Å². The lowest BCUT2D eigenvalue weighted by Gasteiger charge is -2.22. The number of nitro groups is 1. The maximum absolute atomic E-state index is 10.6. The van der Waals surface area contributed by atoms with Crippen LogP contribution in [0, 0.1) is 10.1 Å². The zero-order chi connectivity index (χ0) is 13.5. The molecule has 1 aromatic rings. The fraction of sp³-hybridized carbons (Fsp3) is 0.455. The lowest BCUT2D eigenvalue weighted by atomic mass is 10.2. The molecule has 0 saturated carbocycles. The minimum absolute atomic E-state index is 0.256. The number of hydrogen-bond donors (Lipinski definition) is 0. The summed E-state index contributed by atoms with van der Waals surface area (Å²) >= 11 is 3.27. The Morgan fingerprint density at radius 3 is 2.78 bits per heavy atom. The van der Waals surface area contributed by atoms with E-state index >= 15 is 0 Å². The van der Waals surface area contributed by atoms with E-state index in [1.807, 2.05) is 24.0 Å². The molecule has 0 radical (unpaired) electrons. The first-order valence-electron chi connectivity index (χ1n) is 5.49. The Labute approximate surface area is 114 Å². The molecule has 0 aliphatic carbocycles. The van der Waals surface area contributed by atoms with E-state index in [1.165, 1.54) is 0 Å².